The summed E-state index contributed by atoms with van der Waals surface area (Å²) in [6.07, 6.45) is 18.1. The molecule has 0 bridgehead atoms. The molecule has 68 heavy (non-hydrogen) atoms. The first-order valence-electron chi connectivity index (χ1n) is 22.6. The molecule has 10 rings (SSSR count). The average molecular weight is 910 g/mol. The summed E-state index contributed by atoms with van der Waals surface area (Å²) < 4.78 is 3.22. The van der Waals surface area contributed by atoms with Gasteiger partial charge in [-0.2, -0.15) is 29.7 Å². The number of aliphatic hydroxyl groups excluding tert-OH is 1. The van der Waals surface area contributed by atoms with Crippen LogP contribution < -0.4 is 16.0 Å². The van der Waals surface area contributed by atoms with Gasteiger partial charge in [-0.1, -0.05) is 12.1 Å². The van der Waals surface area contributed by atoms with Crippen molar-refractivity contribution in [3.63, 3.8) is 0 Å². The molecule has 344 valence electrons. The number of carbonyl (C=O) groups excluding carboxylic acids is 2. The summed E-state index contributed by atoms with van der Waals surface area (Å²) in [5.41, 5.74) is 10.8. The van der Waals surface area contributed by atoms with E-state index in [0.717, 1.165) is 92.7 Å². The van der Waals surface area contributed by atoms with Gasteiger partial charge in [0.05, 0.1) is 23.4 Å². The second kappa shape index (κ2) is 19.4. The molecular formula is C50H51N15O3. The largest absolute Gasteiger partial charge is 0.370 e. The summed E-state index contributed by atoms with van der Waals surface area (Å²) in [6, 6.07) is 21.0. The minimum Gasteiger partial charge on any atom is -0.370 e. The standard InChI is InChI=1S/C50H51N15O3/c1-62(2)21-6-11-46(67)59-35-8-3-7-33(23-35)50(68)52-19-14-36-24-40-47(42-29-58-65-44(42)10-5-18-56-65)34(27-54-49(40)60-36)12-13-45(66)53-26-32-16-22-63(30-32)31-37-25-39-38(15-20-51-48(39)61-37)41-28-57-64-43(41)9-4-17-55-64/h3-13,15,17-18,20,23-25,27-29,32,46,59,67H,14,16,19,21-22,26,30-31H2,1-2H3,(H,51,61)(H,52,68)(H,53,66)(H,54,60)/b11-6+,13-12+. The number of nitrogens with one attached hydrogen (secondary N) is 5. The lowest BCUT2D eigenvalue weighted by Crippen LogP contribution is -2.29. The fraction of sp³-hybridized carbons (Fsp3) is 0.240. The van der Waals surface area contributed by atoms with Gasteiger partial charge in [0, 0.05) is 126 Å². The van der Waals surface area contributed by atoms with Crippen LogP contribution in [0.2, 0.25) is 0 Å². The summed E-state index contributed by atoms with van der Waals surface area (Å²) in [5, 5.41) is 39.1. The zero-order valence-electron chi connectivity index (χ0n) is 37.7. The Morgan fingerprint density at radius 1 is 0.838 bits per heavy atom. The lowest BCUT2D eigenvalue weighted by atomic mass is 9.99. The van der Waals surface area contributed by atoms with Gasteiger partial charge in [0.25, 0.3) is 5.91 Å². The number of rotatable bonds is 17. The molecule has 0 saturated carbocycles. The zero-order valence-corrected chi connectivity index (χ0v) is 37.7. The van der Waals surface area contributed by atoms with Crippen molar-refractivity contribution >= 4 is 56.7 Å². The molecule has 1 aliphatic heterocycles. The molecule has 18 heteroatoms. The van der Waals surface area contributed by atoms with Gasteiger partial charge in [0.1, 0.15) is 17.5 Å². The van der Waals surface area contributed by atoms with E-state index < -0.39 is 6.23 Å². The molecule has 1 fully saturated rings. The number of hydrogen-bond acceptors (Lipinski definition) is 12. The Bertz CT molecular complexity index is 3330. The van der Waals surface area contributed by atoms with Crippen molar-refractivity contribution < 1.29 is 14.7 Å². The lowest BCUT2D eigenvalue weighted by molar-refractivity contribution is -0.116. The number of H-pyrrole nitrogens is 2. The molecular weight excluding hydrogens is 859 g/mol. The molecule has 0 spiro atoms. The Morgan fingerprint density at radius 3 is 2.43 bits per heavy atom. The third kappa shape index (κ3) is 9.59. The van der Waals surface area contributed by atoms with E-state index in [9.17, 15) is 14.7 Å². The molecule has 2 amide bonds. The van der Waals surface area contributed by atoms with Crippen LogP contribution in [0.3, 0.4) is 0 Å². The Morgan fingerprint density at radius 2 is 1.60 bits per heavy atom. The van der Waals surface area contributed by atoms with Crippen molar-refractivity contribution in [2.24, 2.45) is 5.92 Å². The lowest BCUT2D eigenvalue weighted by Gasteiger charge is -2.15. The van der Waals surface area contributed by atoms with Gasteiger partial charge in [-0.25, -0.2) is 9.97 Å². The zero-order chi connectivity index (χ0) is 46.6. The van der Waals surface area contributed by atoms with Crippen LogP contribution in [0.4, 0.5) is 5.69 Å². The molecule has 8 aromatic heterocycles. The topological polar surface area (TPSA) is 215 Å². The molecule has 9 heterocycles. The number of aromatic nitrogens is 10. The van der Waals surface area contributed by atoms with Crippen molar-refractivity contribution in [1.29, 1.82) is 0 Å². The first kappa shape index (κ1) is 43.8. The highest BCUT2D eigenvalue weighted by Crippen LogP contribution is 2.35. The molecule has 1 aliphatic rings. The molecule has 0 radical (unpaired) electrons. The van der Waals surface area contributed by atoms with Crippen LogP contribution in [0, 0.1) is 5.92 Å². The first-order valence-corrected chi connectivity index (χ1v) is 22.6. The average Bonchev–Trinajstić information content (AvgIpc) is 4.20. The van der Waals surface area contributed by atoms with Gasteiger partial charge in [0.2, 0.25) is 5.91 Å². The van der Waals surface area contributed by atoms with Crippen LogP contribution in [-0.4, -0.2) is 129 Å². The second-order valence-electron chi connectivity index (χ2n) is 17.3. The van der Waals surface area contributed by atoms with Crippen LogP contribution in [-0.2, 0) is 17.8 Å². The molecule has 2 unspecified atom stereocenters. The van der Waals surface area contributed by atoms with E-state index in [-0.39, 0.29) is 11.8 Å². The minimum atomic E-state index is -0.888. The number of likely N-dealkylation sites (N-methyl/N-ethyl adjacent to an activating group) is 1. The van der Waals surface area contributed by atoms with Gasteiger partial charge in [-0.3, -0.25) is 14.5 Å². The number of pyridine rings is 2. The van der Waals surface area contributed by atoms with E-state index >= 15 is 0 Å². The molecule has 9 aromatic rings. The van der Waals surface area contributed by atoms with Gasteiger partial charge in [0.15, 0.2) is 0 Å². The summed E-state index contributed by atoms with van der Waals surface area (Å²) in [5.74, 6) is -0.109. The van der Waals surface area contributed by atoms with Crippen molar-refractivity contribution in [2.75, 3.05) is 52.1 Å². The highest BCUT2D eigenvalue weighted by atomic mass is 16.3. The highest BCUT2D eigenvalue weighted by Gasteiger charge is 2.24. The van der Waals surface area contributed by atoms with Gasteiger partial charge in [-0.15, -0.1) is 0 Å². The van der Waals surface area contributed by atoms with Gasteiger partial charge in [-0.05, 0) is 111 Å². The fourth-order valence-electron chi connectivity index (χ4n) is 8.89. The van der Waals surface area contributed by atoms with Gasteiger partial charge < -0.3 is 35.9 Å². The molecule has 1 saturated heterocycles. The number of nitrogens with zero attached hydrogens (tertiary/aromatic N) is 10. The monoisotopic (exact) mass is 909 g/mol. The van der Waals surface area contributed by atoms with Crippen LogP contribution in [0.15, 0.2) is 122 Å². The Balaban J connectivity index is 0.779. The summed E-state index contributed by atoms with van der Waals surface area (Å²) >= 11 is 0. The van der Waals surface area contributed by atoms with E-state index in [1.54, 1.807) is 76.5 Å². The number of likely N-dealkylation sites (tertiary alicyclic amines) is 1. The highest BCUT2D eigenvalue weighted by molar-refractivity contribution is 6.03. The number of aliphatic hydroxyl groups is 1. The van der Waals surface area contributed by atoms with Gasteiger partial charge >= 0.3 is 0 Å². The molecule has 18 nitrogen and oxygen atoms in total. The molecule has 6 N–H and O–H groups in total. The number of fused-ring (bicyclic) bond motifs is 4. The third-order valence-electron chi connectivity index (χ3n) is 12.1. The maximum Gasteiger partial charge on any atom is 0.251 e. The Kier molecular flexibility index (Phi) is 12.5. The summed E-state index contributed by atoms with van der Waals surface area (Å²) in [7, 11) is 3.91. The predicted octanol–water partition coefficient (Wildman–Crippen LogP) is 5.33. The van der Waals surface area contributed by atoms with Crippen molar-refractivity contribution in [2.45, 2.75) is 25.6 Å². The summed E-state index contributed by atoms with van der Waals surface area (Å²) in [6.45, 7) is 4.16. The predicted molar refractivity (Wildman–Crippen MR) is 261 cm³/mol. The van der Waals surface area contributed by atoms with Crippen molar-refractivity contribution in [1.82, 2.24) is 70.0 Å². The number of anilines is 1. The Hall–Kier alpha value is -8.06. The normalized spacial score (nSPS) is 15.0. The summed E-state index contributed by atoms with van der Waals surface area (Å²) in [4.78, 5) is 47.3. The third-order valence-corrected chi connectivity index (χ3v) is 12.1. The SMILES string of the molecule is CN(C)C/C=C/C(O)Nc1cccc(C(=O)NCCc2cc3c(-c4cnn5ncccc45)c(/C=C/C(=O)NCC4CCN(Cc5cc6c(-c7cnn8ncccc78)ccnc6[nH]5)C4)cnc3[nH]2)c1. The number of aromatic amines is 2. The minimum absolute atomic E-state index is 0.187. The Labute approximate surface area is 390 Å². The molecule has 1 aromatic carbocycles. The quantitative estimate of drug-likeness (QED) is 0.0389. The van der Waals surface area contributed by atoms with E-state index in [4.69, 9.17) is 4.98 Å². The van der Waals surface area contributed by atoms with E-state index in [2.05, 4.69) is 62.3 Å². The molecule has 2 atom stereocenters. The first-order chi connectivity index (χ1) is 33.2. The van der Waals surface area contributed by atoms with Crippen LogP contribution in [0.5, 0.6) is 0 Å². The van der Waals surface area contributed by atoms with E-state index in [1.165, 1.54) is 0 Å². The van der Waals surface area contributed by atoms with Crippen LogP contribution >= 0.6 is 0 Å². The number of amides is 2. The van der Waals surface area contributed by atoms with E-state index in [0.29, 0.717) is 48.9 Å². The maximum atomic E-state index is 13.4. The van der Waals surface area contributed by atoms with Crippen molar-refractivity contribution in [3.8, 4) is 22.3 Å². The number of carbonyl (C=O) groups is 2. The second-order valence-corrected chi connectivity index (χ2v) is 17.3. The van der Waals surface area contributed by atoms with Crippen LogP contribution in [0.25, 0.3) is 61.4 Å². The smallest absolute Gasteiger partial charge is 0.251 e. The van der Waals surface area contributed by atoms with E-state index in [1.807, 2.05) is 73.9 Å². The fourth-order valence-corrected chi connectivity index (χ4v) is 8.89. The maximum absolute atomic E-state index is 13.4. The number of hydrogen-bond donors (Lipinski definition) is 6. The van der Waals surface area contributed by atoms with Crippen molar-refractivity contribution in [3.05, 3.63) is 145 Å². The van der Waals surface area contributed by atoms with Crippen LogP contribution in [0.1, 0.15) is 33.7 Å². The molecule has 0 aliphatic carbocycles. The number of benzene rings is 1.